The Hall–Kier alpha value is -4.19. The summed E-state index contributed by atoms with van der Waals surface area (Å²) >= 11 is 0. The van der Waals surface area contributed by atoms with E-state index in [1.54, 1.807) is 27.9 Å². The SMILES string of the molecule is Cc1cc(-n2cc(CN3CC(c4ccc5c(c4C)COC5=O)NC3=O)cn2)ncc1C#N. The number of hydrogen-bond acceptors (Lipinski definition) is 6. The maximum Gasteiger partial charge on any atom is 0.338 e. The minimum absolute atomic E-state index is 0.151. The summed E-state index contributed by atoms with van der Waals surface area (Å²) < 4.78 is 6.77. The predicted octanol–water partition coefficient (Wildman–Crippen LogP) is 2.69. The summed E-state index contributed by atoms with van der Waals surface area (Å²) in [5, 5.41) is 16.5. The molecule has 0 radical (unpaired) electrons. The zero-order chi connectivity index (χ0) is 22.4. The number of esters is 1. The minimum atomic E-state index is -0.296. The van der Waals surface area contributed by atoms with Gasteiger partial charge in [0.2, 0.25) is 0 Å². The van der Waals surface area contributed by atoms with E-state index in [2.05, 4.69) is 21.5 Å². The van der Waals surface area contributed by atoms with E-state index in [-0.39, 0.29) is 24.6 Å². The van der Waals surface area contributed by atoms with Crippen molar-refractivity contribution in [1.29, 1.82) is 5.26 Å². The number of rotatable bonds is 4. The highest BCUT2D eigenvalue weighted by atomic mass is 16.5. The third kappa shape index (κ3) is 3.26. The quantitative estimate of drug-likeness (QED) is 0.639. The molecule has 0 bridgehead atoms. The second kappa shape index (κ2) is 7.50. The Kier molecular flexibility index (Phi) is 4.63. The van der Waals surface area contributed by atoms with Crippen LogP contribution in [-0.4, -0.2) is 38.2 Å². The van der Waals surface area contributed by atoms with Gasteiger partial charge >= 0.3 is 12.0 Å². The van der Waals surface area contributed by atoms with Crippen LogP contribution in [0, 0.1) is 25.2 Å². The third-order valence-electron chi connectivity index (χ3n) is 6.03. The third-order valence-corrected chi connectivity index (χ3v) is 6.03. The monoisotopic (exact) mass is 428 g/mol. The number of benzene rings is 1. The van der Waals surface area contributed by atoms with E-state index in [0.717, 1.165) is 27.8 Å². The van der Waals surface area contributed by atoms with E-state index in [0.29, 0.717) is 30.0 Å². The number of nitrogens with one attached hydrogen (secondary N) is 1. The highest BCUT2D eigenvalue weighted by Gasteiger charge is 2.33. The number of carbonyl (C=O) groups excluding carboxylic acids is 2. The molecule has 9 heteroatoms. The molecule has 2 aliphatic rings. The molecule has 1 atom stereocenters. The first-order valence-electron chi connectivity index (χ1n) is 10.2. The van der Waals surface area contributed by atoms with Crippen molar-refractivity contribution < 1.29 is 14.3 Å². The Labute approximate surface area is 184 Å². The molecule has 160 valence electrons. The minimum Gasteiger partial charge on any atom is -0.457 e. The van der Waals surface area contributed by atoms with Gasteiger partial charge in [0.1, 0.15) is 12.7 Å². The van der Waals surface area contributed by atoms with E-state index in [1.807, 2.05) is 26.1 Å². The van der Waals surface area contributed by atoms with Gasteiger partial charge in [-0.2, -0.15) is 10.4 Å². The number of fused-ring (bicyclic) bond motifs is 1. The molecule has 1 unspecified atom stereocenters. The number of nitriles is 1. The molecule has 3 aromatic rings. The van der Waals surface area contributed by atoms with Gasteiger partial charge in [-0.1, -0.05) is 6.07 Å². The maximum atomic E-state index is 12.6. The highest BCUT2D eigenvalue weighted by molar-refractivity contribution is 5.94. The molecule has 5 rings (SSSR count). The van der Waals surface area contributed by atoms with Gasteiger partial charge in [-0.25, -0.2) is 19.3 Å². The van der Waals surface area contributed by atoms with Crippen LogP contribution in [0.2, 0.25) is 0 Å². The molecule has 4 heterocycles. The van der Waals surface area contributed by atoms with Crippen LogP contribution in [0.1, 0.15) is 49.8 Å². The van der Waals surface area contributed by atoms with Crippen molar-refractivity contribution in [2.75, 3.05) is 6.54 Å². The second-order valence-corrected chi connectivity index (χ2v) is 8.03. The van der Waals surface area contributed by atoms with Crippen LogP contribution >= 0.6 is 0 Å². The van der Waals surface area contributed by atoms with Crippen LogP contribution in [0.25, 0.3) is 5.82 Å². The molecule has 1 saturated heterocycles. The summed E-state index contributed by atoms with van der Waals surface area (Å²) in [6.07, 6.45) is 5.07. The van der Waals surface area contributed by atoms with Crippen LogP contribution < -0.4 is 5.32 Å². The van der Waals surface area contributed by atoms with Crippen molar-refractivity contribution in [3.63, 3.8) is 0 Å². The molecule has 2 amide bonds. The number of ether oxygens (including phenoxy) is 1. The summed E-state index contributed by atoms with van der Waals surface area (Å²) in [6, 6.07) is 7.26. The number of aromatic nitrogens is 3. The average molecular weight is 428 g/mol. The molecular formula is C23H20N6O3. The number of aryl methyl sites for hydroxylation is 1. The van der Waals surface area contributed by atoms with Crippen molar-refractivity contribution in [1.82, 2.24) is 25.0 Å². The predicted molar refractivity (Wildman–Crippen MR) is 113 cm³/mol. The van der Waals surface area contributed by atoms with E-state index in [4.69, 9.17) is 10.00 Å². The number of pyridine rings is 1. The molecule has 1 N–H and O–H groups in total. The number of amides is 2. The fraction of sp³-hybridized carbons (Fsp3) is 0.261. The zero-order valence-electron chi connectivity index (χ0n) is 17.6. The molecule has 9 nitrogen and oxygen atoms in total. The second-order valence-electron chi connectivity index (χ2n) is 8.03. The summed E-state index contributed by atoms with van der Waals surface area (Å²) in [7, 11) is 0. The van der Waals surface area contributed by atoms with E-state index in [9.17, 15) is 9.59 Å². The van der Waals surface area contributed by atoms with Gasteiger partial charge in [0.25, 0.3) is 0 Å². The average Bonchev–Trinajstić information content (AvgIpc) is 3.49. The fourth-order valence-corrected chi connectivity index (χ4v) is 4.22. The Morgan fingerprint density at radius 1 is 1.28 bits per heavy atom. The van der Waals surface area contributed by atoms with Crippen molar-refractivity contribution in [3.8, 4) is 11.9 Å². The van der Waals surface area contributed by atoms with E-state index >= 15 is 0 Å². The number of nitrogens with zero attached hydrogens (tertiary/aromatic N) is 5. The van der Waals surface area contributed by atoms with Crippen molar-refractivity contribution in [2.45, 2.75) is 33.0 Å². The molecule has 1 aromatic carbocycles. The number of hydrogen-bond donors (Lipinski definition) is 1. The molecule has 2 aromatic heterocycles. The van der Waals surface area contributed by atoms with Crippen LogP contribution in [0.4, 0.5) is 4.79 Å². The first-order valence-corrected chi connectivity index (χ1v) is 10.2. The summed E-state index contributed by atoms with van der Waals surface area (Å²) in [5.41, 5.74) is 5.70. The lowest BCUT2D eigenvalue weighted by atomic mass is 9.94. The number of urea groups is 1. The Balaban J connectivity index is 1.32. The van der Waals surface area contributed by atoms with Gasteiger partial charge in [-0.3, -0.25) is 0 Å². The molecule has 0 saturated carbocycles. The van der Waals surface area contributed by atoms with Gasteiger partial charge in [-0.05, 0) is 42.7 Å². The standard InChI is InChI=1S/C23H20N6O3/c1-13-5-21(25-8-16(13)6-24)29-10-15(7-26-29)9-28-11-20(27-23(28)31)17-3-4-18-19(14(17)2)12-32-22(18)30/h3-5,7-8,10,20H,9,11-12H2,1-2H3,(H,27,31). The summed E-state index contributed by atoms with van der Waals surface area (Å²) in [6.45, 7) is 5.00. The lowest BCUT2D eigenvalue weighted by Gasteiger charge is -2.16. The maximum absolute atomic E-state index is 12.6. The zero-order valence-corrected chi connectivity index (χ0v) is 17.6. The van der Waals surface area contributed by atoms with Gasteiger partial charge in [0.05, 0.1) is 29.9 Å². The number of cyclic esters (lactones) is 1. The Bertz CT molecular complexity index is 1310. The van der Waals surface area contributed by atoms with Crippen LogP contribution in [-0.2, 0) is 17.9 Å². The number of carbonyl (C=O) groups is 2. The topological polar surface area (TPSA) is 113 Å². The lowest BCUT2D eigenvalue weighted by molar-refractivity contribution is 0.0535. The molecule has 0 aliphatic carbocycles. The smallest absolute Gasteiger partial charge is 0.338 e. The van der Waals surface area contributed by atoms with E-state index < -0.39 is 0 Å². The Morgan fingerprint density at radius 2 is 2.12 bits per heavy atom. The van der Waals surface area contributed by atoms with Crippen LogP contribution in [0.3, 0.4) is 0 Å². The van der Waals surface area contributed by atoms with Gasteiger partial charge in [0, 0.05) is 30.1 Å². The molecule has 0 spiro atoms. The molecule has 32 heavy (non-hydrogen) atoms. The largest absolute Gasteiger partial charge is 0.457 e. The first-order chi connectivity index (χ1) is 15.4. The van der Waals surface area contributed by atoms with Crippen LogP contribution in [0.5, 0.6) is 0 Å². The van der Waals surface area contributed by atoms with E-state index in [1.165, 1.54) is 6.20 Å². The molecule has 1 fully saturated rings. The normalized spacial score (nSPS) is 17.2. The lowest BCUT2D eigenvalue weighted by Crippen LogP contribution is -2.27. The summed E-state index contributed by atoms with van der Waals surface area (Å²) in [4.78, 5) is 30.4. The molecule has 2 aliphatic heterocycles. The highest BCUT2D eigenvalue weighted by Crippen LogP contribution is 2.31. The van der Waals surface area contributed by atoms with Gasteiger partial charge in [0.15, 0.2) is 5.82 Å². The first kappa shape index (κ1) is 19.8. The summed E-state index contributed by atoms with van der Waals surface area (Å²) in [5.74, 6) is 0.317. The van der Waals surface area contributed by atoms with Gasteiger partial charge in [-0.15, -0.1) is 0 Å². The fourth-order valence-electron chi connectivity index (χ4n) is 4.22. The van der Waals surface area contributed by atoms with Gasteiger partial charge < -0.3 is 15.0 Å². The van der Waals surface area contributed by atoms with Crippen molar-refractivity contribution in [3.05, 3.63) is 75.7 Å². The van der Waals surface area contributed by atoms with Crippen molar-refractivity contribution >= 4 is 12.0 Å². The van der Waals surface area contributed by atoms with Crippen molar-refractivity contribution in [2.24, 2.45) is 0 Å². The molecular weight excluding hydrogens is 408 g/mol. The Morgan fingerprint density at radius 3 is 2.91 bits per heavy atom. The van der Waals surface area contributed by atoms with Crippen LogP contribution in [0.15, 0.2) is 36.8 Å².